The first-order chi connectivity index (χ1) is 7.57. The third-order valence-electron chi connectivity index (χ3n) is 2.59. The van der Waals surface area contributed by atoms with Crippen molar-refractivity contribution in [2.45, 2.75) is 18.9 Å². The van der Waals surface area contributed by atoms with Crippen LogP contribution >= 0.6 is 11.6 Å². The molecule has 0 spiro atoms. The summed E-state index contributed by atoms with van der Waals surface area (Å²) in [6.07, 6.45) is 4.77. The van der Waals surface area contributed by atoms with Crippen LogP contribution in [-0.4, -0.2) is 30.9 Å². The van der Waals surface area contributed by atoms with E-state index in [-0.39, 0.29) is 11.8 Å². The van der Waals surface area contributed by atoms with E-state index in [9.17, 15) is 8.42 Å². The Kier molecular flexibility index (Phi) is 3.35. The van der Waals surface area contributed by atoms with Gasteiger partial charge in [0.25, 0.3) is 0 Å². The molecule has 1 aromatic heterocycles. The molecule has 1 N–H and O–H groups in total. The summed E-state index contributed by atoms with van der Waals surface area (Å²) in [4.78, 5) is 3.95. The normalized spacial score (nSPS) is 23.9. The lowest BCUT2D eigenvalue weighted by atomic mass is 10.2. The summed E-state index contributed by atoms with van der Waals surface area (Å²) in [5.41, 5.74) is 0.700. The highest BCUT2D eigenvalue weighted by molar-refractivity contribution is 7.91. The molecular weight excluding hydrogens is 248 g/mol. The molecule has 0 aromatic carbocycles. The number of pyridine rings is 1. The second-order valence-corrected chi connectivity index (χ2v) is 6.59. The van der Waals surface area contributed by atoms with Crippen molar-refractivity contribution in [3.8, 4) is 0 Å². The Hall–Kier alpha value is -0.810. The zero-order valence-electron chi connectivity index (χ0n) is 8.69. The van der Waals surface area contributed by atoms with Gasteiger partial charge in [-0.3, -0.25) is 4.98 Å². The van der Waals surface area contributed by atoms with E-state index >= 15 is 0 Å². The van der Waals surface area contributed by atoms with Crippen LogP contribution in [0.3, 0.4) is 0 Å². The average Bonchev–Trinajstić information content (AvgIpc) is 2.20. The third kappa shape index (κ3) is 2.86. The predicted octanol–water partition coefficient (Wildman–Crippen LogP) is 1.72. The number of hydrogen-bond donors (Lipinski definition) is 1. The summed E-state index contributed by atoms with van der Waals surface area (Å²) >= 11 is 5.96. The Morgan fingerprint density at radius 2 is 2.31 bits per heavy atom. The van der Waals surface area contributed by atoms with Gasteiger partial charge in [-0.25, -0.2) is 8.42 Å². The maximum absolute atomic E-state index is 11.4. The van der Waals surface area contributed by atoms with Crippen LogP contribution in [0.25, 0.3) is 0 Å². The summed E-state index contributed by atoms with van der Waals surface area (Å²) in [6.45, 7) is 0. The quantitative estimate of drug-likeness (QED) is 0.880. The van der Waals surface area contributed by atoms with E-state index < -0.39 is 9.84 Å². The van der Waals surface area contributed by atoms with Crippen LogP contribution in [0, 0.1) is 0 Å². The molecule has 1 aliphatic heterocycles. The maximum atomic E-state index is 11.4. The number of aromatic nitrogens is 1. The molecule has 2 heterocycles. The Morgan fingerprint density at radius 3 is 3.00 bits per heavy atom. The van der Waals surface area contributed by atoms with Crippen LogP contribution in [0.2, 0.25) is 5.02 Å². The monoisotopic (exact) mass is 260 g/mol. The fourth-order valence-electron chi connectivity index (χ4n) is 1.84. The van der Waals surface area contributed by atoms with Crippen molar-refractivity contribution in [2.75, 3.05) is 16.8 Å². The Bertz CT molecular complexity index is 475. The molecule has 6 heteroatoms. The molecule has 1 aliphatic rings. The first-order valence-corrected chi connectivity index (χ1v) is 7.33. The van der Waals surface area contributed by atoms with Crippen molar-refractivity contribution in [2.24, 2.45) is 0 Å². The zero-order valence-corrected chi connectivity index (χ0v) is 10.3. The maximum Gasteiger partial charge on any atom is 0.152 e. The minimum Gasteiger partial charge on any atom is -0.379 e. The molecule has 1 fully saturated rings. The molecule has 0 aliphatic carbocycles. The first kappa shape index (κ1) is 11.7. The van der Waals surface area contributed by atoms with Gasteiger partial charge in [0.2, 0.25) is 0 Å². The fraction of sp³-hybridized carbons (Fsp3) is 0.500. The van der Waals surface area contributed by atoms with Crippen LogP contribution in [0.1, 0.15) is 12.8 Å². The van der Waals surface area contributed by atoms with E-state index in [2.05, 4.69) is 10.3 Å². The van der Waals surface area contributed by atoms with Crippen molar-refractivity contribution in [1.29, 1.82) is 0 Å². The lowest BCUT2D eigenvalue weighted by Gasteiger charge is -2.24. The number of nitrogens with one attached hydrogen (secondary N) is 1. The number of anilines is 1. The van der Waals surface area contributed by atoms with Crippen molar-refractivity contribution < 1.29 is 8.42 Å². The summed E-state index contributed by atoms with van der Waals surface area (Å²) < 4.78 is 22.9. The Labute approximate surface area is 99.9 Å². The highest BCUT2D eigenvalue weighted by Crippen LogP contribution is 2.23. The van der Waals surface area contributed by atoms with E-state index in [4.69, 9.17) is 11.6 Å². The first-order valence-electron chi connectivity index (χ1n) is 5.13. The van der Waals surface area contributed by atoms with Crippen LogP contribution < -0.4 is 5.32 Å². The SMILES string of the molecule is O=S1(=O)CCCC(Nc2cnccc2Cl)C1. The number of halogens is 1. The molecular formula is C10H13ClN2O2S. The summed E-state index contributed by atoms with van der Waals surface area (Å²) in [5.74, 6) is 0.476. The van der Waals surface area contributed by atoms with Crippen LogP contribution in [0.4, 0.5) is 5.69 Å². The zero-order chi connectivity index (χ0) is 11.6. The third-order valence-corrected chi connectivity index (χ3v) is 4.74. The van der Waals surface area contributed by atoms with E-state index in [0.29, 0.717) is 22.9 Å². The second kappa shape index (κ2) is 4.59. The molecule has 0 radical (unpaired) electrons. The molecule has 2 rings (SSSR count). The van der Waals surface area contributed by atoms with Crippen LogP contribution in [-0.2, 0) is 9.84 Å². The van der Waals surface area contributed by atoms with Crippen molar-refractivity contribution >= 4 is 27.1 Å². The van der Waals surface area contributed by atoms with Gasteiger partial charge in [-0.05, 0) is 18.9 Å². The molecule has 0 amide bonds. The van der Waals surface area contributed by atoms with Crippen molar-refractivity contribution in [3.05, 3.63) is 23.5 Å². The van der Waals surface area contributed by atoms with Gasteiger partial charge in [0.1, 0.15) is 0 Å². The van der Waals surface area contributed by atoms with Gasteiger partial charge in [-0.15, -0.1) is 0 Å². The second-order valence-electron chi connectivity index (χ2n) is 3.95. The van der Waals surface area contributed by atoms with Gasteiger partial charge < -0.3 is 5.32 Å². The number of sulfone groups is 1. The van der Waals surface area contributed by atoms with Gasteiger partial charge in [0, 0.05) is 12.2 Å². The van der Waals surface area contributed by atoms with E-state index in [1.54, 1.807) is 18.5 Å². The summed E-state index contributed by atoms with van der Waals surface area (Å²) in [6, 6.07) is 1.63. The predicted molar refractivity (Wildman–Crippen MR) is 64.5 cm³/mol. The van der Waals surface area contributed by atoms with Gasteiger partial charge >= 0.3 is 0 Å². The van der Waals surface area contributed by atoms with E-state index in [0.717, 1.165) is 6.42 Å². The van der Waals surface area contributed by atoms with Crippen LogP contribution in [0.15, 0.2) is 18.5 Å². The van der Waals surface area contributed by atoms with Crippen LogP contribution in [0.5, 0.6) is 0 Å². The minimum atomic E-state index is -2.89. The molecule has 0 bridgehead atoms. The largest absolute Gasteiger partial charge is 0.379 e. The highest BCUT2D eigenvalue weighted by atomic mass is 35.5. The van der Waals surface area contributed by atoms with Crippen molar-refractivity contribution in [3.63, 3.8) is 0 Å². The summed E-state index contributed by atoms with van der Waals surface area (Å²) in [5, 5.41) is 3.70. The molecule has 1 saturated heterocycles. The van der Waals surface area contributed by atoms with Gasteiger partial charge in [-0.1, -0.05) is 11.6 Å². The lowest BCUT2D eigenvalue weighted by Crippen LogP contribution is -2.34. The smallest absolute Gasteiger partial charge is 0.152 e. The molecule has 1 unspecified atom stereocenters. The Morgan fingerprint density at radius 1 is 1.50 bits per heavy atom. The molecule has 88 valence electrons. The minimum absolute atomic E-state index is 0.0551. The van der Waals surface area contributed by atoms with Crippen molar-refractivity contribution in [1.82, 2.24) is 4.98 Å². The number of hydrogen-bond acceptors (Lipinski definition) is 4. The highest BCUT2D eigenvalue weighted by Gasteiger charge is 2.24. The lowest BCUT2D eigenvalue weighted by molar-refractivity contribution is 0.562. The molecule has 1 aromatic rings. The topological polar surface area (TPSA) is 59.1 Å². The van der Waals surface area contributed by atoms with Gasteiger partial charge in [-0.2, -0.15) is 0 Å². The average molecular weight is 261 g/mol. The summed E-state index contributed by atoms with van der Waals surface area (Å²) in [7, 11) is -2.89. The standard InChI is InChI=1S/C10H13ClN2O2S/c11-9-3-4-12-6-10(9)13-8-2-1-5-16(14,15)7-8/h3-4,6,8,13H,1-2,5,7H2. The number of rotatable bonds is 2. The van der Waals surface area contributed by atoms with E-state index in [1.165, 1.54) is 0 Å². The Balaban J connectivity index is 2.08. The molecule has 0 saturated carbocycles. The van der Waals surface area contributed by atoms with E-state index in [1.807, 2.05) is 0 Å². The van der Waals surface area contributed by atoms with Gasteiger partial charge in [0.05, 0.1) is 28.4 Å². The molecule has 16 heavy (non-hydrogen) atoms. The number of nitrogens with zero attached hydrogens (tertiary/aromatic N) is 1. The molecule has 4 nitrogen and oxygen atoms in total. The molecule has 1 atom stereocenters. The van der Waals surface area contributed by atoms with Gasteiger partial charge in [0.15, 0.2) is 9.84 Å². The fourth-order valence-corrected chi connectivity index (χ4v) is 3.64.